The van der Waals surface area contributed by atoms with Gasteiger partial charge in [0.05, 0.1) is 11.8 Å². The van der Waals surface area contributed by atoms with Crippen molar-refractivity contribution in [3.8, 4) is 11.1 Å². The number of rotatable bonds is 4. The second kappa shape index (κ2) is 5.50. The van der Waals surface area contributed by atoms with Crippen molar-refractivity contribution in [1.29, 1.82) is 0 Å². The van der Waals surface area contributed by atoms with Gasteiger partial charge in [-0.2, -0.15) is 18.6 Å². The molecular formula is C12H10N6O3S. The Balaban J connectivity index is 2.13. The number of aromatic nitrogens is 4. The molecule has 0 amide bonds. The fourth-order valence-corrected chi connectivity index (χ4v) is 2.47. The maximum Gasteiger partial charge on any atom is 0.312 e. The molecule has 0 bridgehead atoms. The Hall–Kier alpha value is -2.85. The quantitative estimate of drug-likeness (QED) is 0.501. The van der Waals surface area contributed by atoms with E-state index in [4.69, 9.17) is 0 Å². The molecule has 0 saturated heterocycles. The molecule has 3 aromatic rings. The van der Waals surface area contributed by atoms with Crippen LogP contribution in [0.5, 0.6) is 0 Å². The van der Waals surface area contributed by atoms with Gasteiger partial charge in [0, 0.05) is 6.07 Å². The molecule has 112 valence electrons. The number of benzene rings is 1. The van der Waals surface area contributed by atoms with Crippen molar-refractivity contribution >= 4 is 21.8 Å². The molecule has 3 N–H and O–H groups in total. The van der Waals surface area contributed by atoms with Gasteiger partial charge in [-0.3, -0.25) is 14.8 Å². The third-order valence-corrected chi connectivity index (χ3v) is 3.58. The van der Waals surface area contributed by atoms with E-state index >= 15 is 0 Å². The van der Waals surface area contributed by atoms with Crippen molar-refractivity contribution < 1.29 is 13.0 Å². The van der Waals surface area contributed by atoms with Gasteiger partial charge in [-0.15, -0.1) is 10.2 Å². The zero-order chi connectivity index (χ0) is 15.6. The third kappa shape index (κ3) is 2.77. The molecule has 10 heteroatoms. The second-order valence-corrected chi connectivity index (χ2v) is 5.59. The molecule has 0 aliphatic heterocycles. The molecule has 9 nitrogen and oxygen atoms in total. The Morgan fingerprint density at radius 2 is 1.82 bits per heavy atom. The Labute approximate surface area is 124 Å². The molecular weight excluding hydrogens is 308 g/mol. The number of H-pyrrole nitrogens is 2. The lowest BCUT2D eigenvalue weighted by molar-refractivity contribution is 0.479. The first-order valence-electron chi connectivity index (χ1n) is 6.08. The van der Waals surface area contributed by atoms with E-state index < -0.39 is 15.1 Å². The van der Waals surface area contributed by atoms with Crippen LogP contribution in [0, 0.1) is 0 Å². The Kier molecular flexibility index (Phi) is 3.53. The van der Waals surface area contributed by atoms with Gasteiger partial charge < -0.3 is 0 Å². The summed E-state index contributed by atoms with van der Waals surface area (Å²) in [6, 6.07) is 10.2. The van der Waals surface area contributed by atoms with E-state index in [0.717, 1.165) is 0 Å². The smallest absolute Gasteiger partial charge is 0.281 e. The first-order chi connectivity index (χ1) is 10.6. The maximum atomic E-state index is 11.5. The summed E-state index contributed by atoms with van der Waals surface area (Å²) >= 11 is 0. The summed E-state index contributed by atoms with van der Waals surface area (Å²) in [4.78, 5) is 0. The van der Waals surface area contributed by atoms with Crippen LogP contribution in [0.4, 0.5) is 11.6 Å². The number of nitrogens with one attached hydrogen (secondary N) is 2. The number of hydrogen-bond acceptors (Lipinski definition) is 6. The average Bonchev–Trinajstić information content (AvgIpc) is 3.14. The van der Waals surface area contributed by atoms with Crippen LogP contribution in [0.15, 0.2) is 57.8 Å². The minimum atomic E-state index is -4.47. The largest absolute Gasteiger partial charge is 0.312 e. The zero-order valence-electron chi connectivity index (χ0n) is 11.0. The standard InChI is InChI=1S/C12H10N6O3S/c19-22(20,21)12-10(8-4-2-1-3-5-8)11(17-18-12)16-15-9-6-7-13-14-9/h1-7H,(H,13,14)(H,17,18)(H,19,20,21). The fraction of sp³-hybridized carbons (Fsp3) is 0. The van der Waals surface area contributed by atoms with Crippen molar-refractivity contribution in [1.82, 2.24) is 20.4 Å². The average molecular weight is 318 g/mol. The molecule has 0 aliphatic rings. The lowest BCUT2D eigenvalue weighted by Crippen LogP contribution is -2.00. The van der Waals surface area contributed by atoms with Crippen LogP contribution in [-0.4, -0.2) is 33.4 Å². The fourth-order valence-electron chi connectivity index (χ4n) is 1.85. The van der Waals surface area contributed by atoms with Crippen molar-refractivity contribution in [2.24, 2.45) is 10.2 Å². The summed E-state index contributed by atoms with van der Waals surface area (Å²) < 4.78 is 32.2. The molecule has 0 aliphatic carbocycles. The third-order valence-electron chi connectivity index (χ3n) is 2.77. The van der Waals surface area contributed by atoms with Crippen LogP contribution in [0.2, 0.25) is 0 Å². The summed E-state index contributed by atoms with van der Waals surface area (Å²) in [5.41, 5.74) is 0.675. The lowest BCUT2D eigenvalue weighted by atomic mass is 10.1. The topological polar surface area (TPSA) is 136 Å². The van der Waals surface area contributed by atoms with Crippen LogP contribution in [-0.2, 0) is 10.1 Å². The predicted octanol–water partition coefficient (Wildman–Crippen LogP) is 2.46. The summed E-state index contributed by atoms with van der Waals surface area (Å²) in [6.07, 6.45) is 1.50. The van der Waals surface area contributed by atoms with Crippen LogP contribution in [0.25, 0.3) is 11.1 Å². The molecule has 0 atom stereocenters. The van der Waals surface area contributed by atoms with Gasteiger partial charge in [0.25, 0.3) is 0 Å². The molecule has 22 heavy (non-hydrogen) atoms. The molecule has 0 unspecified atom stereocenters. The molecule has 1 aromatic carbocycles. The molecule has 3 rings (SSSR count). The second-order valence-electron chi connectivity index (χ2n) is 4.23. The van der Waals surface area contributed by atoms with Crippen molar-refractivity contribution in [3.63, 3.8) is 0 Å². The summed E-state index contributed by atoms with van der Waals surface area (Å²) in [7, 11) is -4.47. The highest BCUT2D eigenvalue weighted by atomic mass is 32.2. The zero-order valence-corrected chi connectivity index (χ0v) is 11.8. The minimum Gasteiger partial charge on any atom is -0.281 e. The lowest BCUT2D eigenvalue weighted by Gasteiger charge is -2.01. The van der Waals surface area contributed by atoms with E-state index in [1.165, 1.54) is 6.20 Å². The Bertz CT molecular complexity index is 900. The number of hydrogen-bond donors (Lipinski definition) is 3. The van der Waals surface area contributed by atoms with Crippen LogP contribution < -0.4 is 0 Å². The summed E-state index contributed by atoms with van der Waals surface area (Å²) in [6.45, 7) is 0. The van der Waals surface area contributed by atoms with Crippen LogP contribution in [0.1, 0.15) is 0 Å². The minimum absolute atomic E-state index is 0.0356. The molecule has 2 aromatic heterocycles. The number of azo groups is 1. The van der Waals surface area contributed by atoms with E-state index in [9.17, 15) is 13.0 Å². The van der Waals surface area contributed by atoms with Gasteiger partial charge >= 0.3 is 10.1 Å². The van der Waals surface area contributed by atoms with Gasteiger partial charge in [-0.1, -0.05) is 30.3 Å². The van der Waals surface area contributed by atoms with Gasteiger partial charge in [-0.25, -0.2) is 0 Å². The highest BCUT2D eigenvalue weighted by molar-refractivity contribution is 7.85. The van der Waals surface area contributed by atoms with Crippen molar-refractivity contribution in [3.05, 3.63) is 42.6 Å². The van der Waals surface area contributed by atoms with Crippen molar-refractivity contribution in [2.75, 3.05) is 0 Å². The first-order valence-corrected chi connectivity index (χ1v) is 7.52. The van der Waals surface area contributed by atoms with Crippen LogP contribution in [0.3, 0.4) is 0 Å². The van der Waals surface area contributed by atoms with Gasteiger partial charge in [-0.05, 0) is 5.56 Å². The van der Waals surface area contributed by atoms with E-state index in [2.05, 4.69) is 30.6 Å². The predicted molar refractivity (Wildman–Crippen MR) is 76.6 cm³/mol. The molecule has 0 spiro atoms. The number of nitrogens with zero attached hydrogens (tertiary/aromatic N) is 4. The highest BCUT2D eigenvalue weighted by Gasteiger charge is 2.24. The monoisotopic (exact) mass is 318 g/mol. The molecule has 2 heterocycles. The van der Waals surface area contributed by atoms with Crippen molar-refractivity contribution in [2.45, 2.75) is 5.03 Å². The van der Waals surface area contributed by atoms with E-state index in [-0.39, 0.29) is 11.4 Å². The van der Waals surface area contributed by atoms with Gasteiger partial charge in [0.15, 0.2) is 10.8 Å². The van der Waals surface area contributed by atoms with E-state index in [1.807, 2.05) is 0 Å². The normalized spacial score (nSPS) is 12.0. The molecule has 0 saturated carbocycles. The maximum absolute atomic E-state index is 11.5. The number of aromatic amines is 2. The molecule has 0 radical (unpaired) electrons. The van der Waals surface area contributed by atoms with E-state index in [0.29, 0.717) is 11.4 Å². The first kappa shape index (κ1) is 14.1. The SMILES string of the molecule is O=S(=O)(O)c1[nH]nc(N=Nc2ccn[nH]2)c1-c1ccccc1. The molecule has 0 fully saturated rings. The summed E-state index contributed by atoms with van der Waals surface area (Å²) in [5.74, 6) is 0.420. The Morgan fingerprint density at radius 1 is 1.05 bits per heavy atom. The summed E-state index contributed by atoms with van der Waals surface area (Å²) in [5, 5.41) is 19.7. The van der Waals surface area contributed by atoms with Gasteiger partial charge in [0.2, 0.25) is 5.82 Å². The van der Waals surface area contributed by atoms with Gasteiger partial charge in [0.1, 0.15) is 0 Å². The van der Waals surface area contributed by atoms with Crippen LogP contribution >= 0.6 is 0 Å². The highest BCUT2D eigenvalue weighted by Crippen LogP contribution is 2.34. The van der Waals surface area contributed by atoms with E-state index in [1.54, 1.807) is 36.4 Å². The Morgan fingerprint density at radius 3 is 2.45 bits per heavy atom.